The van der Waals surface area contributed by atoms with Crippen LogP contribution in [0.3, 0.4) is 0 Å². The van der Waals surface area contributed by atoms with Crippen molar-refractivity contribution in [3.05, 3.63) is 88.8 Å². The van der Waals surface area contributed by atoms with E-state index in [1.165, 1.54) is 28.6 Å². The Morgan fingerprint density at radius 1 is 1.19 bits per heavy atom. The molecule has 0 radical (unpaired) electrons. The highest BCUT2D eigenvalue weighted by atomic mass is 32.1. The Morgan fingerprint density at radius 2 is 1.97 bits per heavy atom. The summed E-state index contributed by atoms with van der Waals surface area (Å²) in [6, 6.07) is 9.69. The lowest BCUT2D eigenvalue weighted by Gasteiger charge is -2.24. The largest absolute Gasteiger partial charge is 0.503 e. The predicted octanol–water partition coefficient (Wildman–Crippen LogP) is 4.68. The van der Waals surface area contributed by atoms with Crippen LogP contribution in [-0.2, 0) is 4.79 Å². The van der Waals surface area contributed by atoms with Crippen molar-refractivity contribution >= 4 is 38.4 Å². The van der Waals surface area contributed by atoms with Gasteiger partial charge in [-0.3, -0.25) is 19.5 Å². The van der Waals surface area contributed by atoms with E-state index in [9.17, 15) is 14.7 Å². The molecule has 1 amide bonds. The number of aromatic nitrogens is 2. The molecule has 1 aliphatic heterocycles. The normalized spacial score (nSPS) is 16.5. The first kappa shape index (κ1) is 19.2. The summed E-state index contributed by atoms with van der Waals surface area (Å²) in [6.45, 7) is 3.96. The molecule has 154 valence electrons. The van der Waals surface area contributed by atoms with Crippen LogP contribution < -0.4 is 4.90 Å². The number of carbonyl (C=O) groups is 2. The molecule has 0 saturated carbocycles. The molecule has 4 heterocycles. The first-order chi connectivity index (χ1) is 15.0. The molecule has 7 nitrogen and oxygen atoms in total. The van der Waals surface area contributed by atoms with Gasteiger partial charge in [-0.1, -0.05) is 17.4 Å². The molecule has 5 rings (SSSR count). The quantitative estimate of drug-likeness (QED) is 0.471. The number of aliphatic hydroxyl groups excluding tert-OH is 1. The van der Waals surface area contributed by atoms with Gasteiger partial charge in [0.15, 0.2) is 16.7 Å². The number of furan rings is 1. The summed E-state index contributed by atoms with van der Waals surface area (Å²) in [5.74, 6) is -1.78. The van der Waals surface area contributed by atoms with Gasteiger partial charge in [0.25, 0.3) is 5.91 Å². The lowest BCUT2D eigenvalue weighted by molar-refractivity contribution is -0.117. The molecule has 3 aromatic heterocycles. The van der Waals surface area contributed by atoms with Gasteiger partial charge in [0, 0.05) is 12.4 Å². The van der Waals surface area contributed by atoms with Gasteiger partial charge in [-0.05, 0) is 60.9 Å². The molecule has 1 aromatic carbocycles. The molecule has 1 atom stereocenters. The van der Waals surface area contributed by atoms with E-state index in [-0.39, 0.29) is 11.3 Å². The maximum atomic E-state index is 13.2. The van der Waals surface area contributed by atoms with Gasteiger partial charge in [0.2, 0.25) is 5.78 Å². The highest BCUT2D eigenvalue weighted by Crippen LogP contribution is 2.44. The highest BCUT2D eigenvalue weighted by molar-refractivity contribution is 7.22. The number of aliphatic hydroxyl groups is 1. The smallest absolute Gasteiger partial charge is 0.296 e. The van der Waals surface area contributed by atoms with E-state index in [4.69, 9.17) is 4.42 Å². The number of anilines is 1. The minimum atomic E-state index is -0.852. The van der Waals surface area contributed by atoms with E-state index in [1.54, 1.807) is 30.6 Å². The average molecular weight is 431 g/mol. The number of benzene rings is 1. The van der Waals surface area contributed by atoms with Crippen LogP contribution in [0.25, 0.3) is 10.2 Å². The Kier molecular flexibility index (Phi) is 4.44. The molecule has 0 fully saturated rings. The van der Waals surface area contributed by atoms with Gasteiger partial charge in [0.05, 0.1) is 28.1 Å². The number of aryl methyl sites for hydroxylation is 2. The number of ketones is 1. The van der Waals surface area contributed by atoms with Crippen LogP contribution in [0.1, 0.15) is 33.3 Å². The Hall–Kier alpha value is -3.78. The maximum Gasteiger partial charge on any atom is 0.296 e. The molecule has 0 saturated heterocycles. The van der Waals surface area contributed by atoms with E-state index in [0.29, 0.717) is 10.7 Å². The van der Waals surface area contributed by atoms with Gasteiger partial charge in [0.1, 0.15) is 0 Å². The molecule has 31 heavy (non-hydrogen) atoms. The number of rotatable bonds is 4. The molecule has 1 unspecified atom stereocenters. The van der Waals surface area contributed by atoms with Gasteiger partial charge in [-0.25, -0.2) is 4.98 Å². The topological polar surface area (TPSA) is 96.5 Å². The molecule has 0 spiro atoms. The highest BCUT2D eigenvalue weighted by Gasteiger charge is 2.46. The summed E-state index contributed by atoms with van der Waals surface area (Å²) in [7, 11) is 0. The van der Waals surface area contributed by atoms with E-state index in [0.717, 1.165) is 21.3 Å². The Labute approximate surface area is 181 Å². The Morgan fingerprint density at radius 3 is 2.68 bits per heavy atom. The standard InChI is InChI=1S/C23H17N3O4S/c1-12-10-13(2)18-16(11-12)31-23(25-18)26-19(14-5-7-24-8-6-14)17(21(28)22(26)29)20(27)15-4-3-9-30-15/h3-11,19,28H,1-2H3. The number of fused-ring (bicyclic) bond motifs is 1. The third-order valence-corrected chi connectivity index (χ3v) is 6.25. The number of nitrogens with zero attached hydrogens (tertiary/aromatic N) is 3. The molecule has 1 aliphatic rings. The van der Waals surface area contributed by atoms with Crippen molar-refractivity contribution < 1.29 is 19.1 Å². The van der Waals surface area contributed by atoms with Crippen LogP contribution in [0.5, 0.6) is 0 Å². The van der Waals surface area contributed by atoms with Crippen LogP contribution >= 0.6 is 11.3 Å². The zero-order valence-corrected chi connectivity index (χ0v) is 17.5. The lowest BCUT2D eigenvalue weighted by atomic mass is 9.96. The molecule has 4 aromatic rings. The summed E-state index contributed by atoms with van der Waals surface area (Å²) in [4.78, 5) is 36.5. The van der Waals surface area contributed by atoms with E-state index in [1.807, 2.05) is 26.0 Å². The van der Waals surface area contributed by atoms with Crippen LogP contribution in [-0.4, -0.2) is 26.8 Å². The monoisotopic (exact) mass is 431 g/mol. The number of hydrogen-bond donors (Lipinski definition) is 1. The van der Waals surface area contributed by atoms with E-state index < -0.39 is 23.5 Å². The molecule has 1 N–H and O–H groups in total. The van der Waals surface area contributed by atoms with Crippen LogP contribution in [0.15, 0.2) is 70.8 Å². The van der Waals surface area contributed by atoms with E-state index >= 15 is 0 Å². The number of thiazole rings is 1. The van der Waals surface area contributed by atoms with Gasteiger partial charge in [-0.15, -0.1) is 0 Å². The van der Waals surface area contributed by atoms with Crippen molar-refractivity contribution in [1.29, 1.82) is 0 Å². The van der Waals surface area contributed by atoms with Gasteiger partial charge >= 0.3 is 0 Å². The zero-order chi connectivity index (χ0) is 21.7. The summed E-state index contributed by atoms with van der Waals surface area (Å²) < 4.78 is 6.17. The Balaban J connectivity index is 1.69. The number of pyridine rings is 1. The molecule has 0 aliphatic carbocycles. The fourth-order valence-electron chi connectivity index (χ4n) is 3.90. The second-order valence-corrected chi connectivity index (χ2v) is 8.36. The van der Waals surface area contributed by atoms with Crippen molar-refractivity contribution in [2.75, 3.05) is 4.90 Å². The first-order valence-electron chi connectivity index (χ1n) is 9.58. The fraction of sp³-hybridized carbons (Fsp3) is 0.130. The van der Waals surface area contributed by atoms with Crippen LogP contribution in [0.4, 0.5) is 5.13 Å². The SMILES string of the molecule is Cc1cc(C)c2nc(N3C(=O)C(O)=C(C(=O)c4ccco4)C3c3ccncc3)sc2c1. The third-order valence-electron chi connectivity index (χ3n) is 5.24. The summed E-state index contributed by atoms with van der Waals surface area (Å²) in [5, 5.41) is 11.2. The lowest BCUT2D eigenvalue weighted by Crippen LogP contribution is -2.31. The van der Waals surface area contributed by atoms with Gasteiger partial charge < -0.3 is 9.52 Å². The van der Waals surface area contributed by atoms with Crippen molar-refractivity contribution in [2.45, 2.75) is 19.9 Å². The minimum absolute atomic E-state index is 0.0432. The summed E-state index contributed by atoms with van der Waals surface area (Å²) in [6.07, 6.45) is 4.53. The summed E-state index contributed by atoms with van der Waals surface area (Å²) in [5.41, 5.74) is 3.46. The third kappa shape index (κ3) is 3.03. The fourth-order valence-corrected chi connectivity index (χ4v) is 5.07. The maximum absolute atomic E-state index is 13.2. The number of amides is 1. The number of Topliss-reactive ketones (excluding diaryl/α,β-unsaturated/α-hetero) is 1. The van der Waals surface area contributed by atoms with Crippen molar-refractivity contribution in [3.8, 4) is 0 Å². The molecule has 8 heteroatoms. The predicted molar refractivity (Wildman–Crippen MR) is 116 cm³/mol. The van der Waals surface area contributed by atoms with E-state index in [2.05, 4.69) is 9.97 Å². The van der Waals surface area contributed by atoms with Gasteiger partial charge in [-0.2, -0.15) is 0 Å². The van der Waals surface area contributed by atoms with Crippen molar-refractivity contribution in [1.82, 2.24) is 9.97 Å². The first-order valence-corrected chi connectivity index (χ1v) is 10.4. The number of hydrogen-bond acceptors (Lipinski definition) is 7. The summed E-state index contributed by atoms with van der Waals surface area (Å²) >= 11 is 1.34. The minimum Gasteiger partial charge on any atom is -0.503 e. The molecular weight excluding hydrogens is 414 g/mol. The Bertz CT molecular complexity index is 1360. The second-order valence-electron chi connectivity index (χ2n) is 7.35. The van der Waals surface area contributed by atoms with Crippen LogP contribution in [0, 0.1) is 13.8 Å². The van der Waals surface area contributed by atoms with Crippen LogP contribution in [0.2, 0.25) is 0 Å². The molecule has 0 bridgehead atoms. The number of carbonyl (C=O) groups excluding carboxylic acids is 2. The van der Waals surface area contributed by atoms with Crippen molar-refractivity contribution in [3.63, 3.8) is 0 Å². The second kappa shape index (κ2) is 7.17. The zero-order valence-electron chi connectivity index (χ0n) is 16.7. The van der Waals surface area contributed by atoms with Crippen molar-refractivity contribution in [2.24, 2.45) is 0 Å². The molecular formula is C23H17N3O4S. The average Bonchev–Trinajstić information content (AvgIpc) is 3.48.